The van der Waals surface area contributed by atoms with E-state index >= 15 is 0 Å². The number of anilines is 3. The second-order valence-electron chi connectivity index (χ2n) is 8.57. The van der Waals surface area contributed by atoms with Gasteiger partial charge in [0, 0.05) is 41.9 Å². The number of halogens is 1. The molecule has 5 rings (SSSR count). The average molecular weight is 515 g/mol. The molecule has 4 aromatic rings. The van der Waals surface area contributed by atoms with Gasteiger partial charge in [-0.3, -0.25) is 9.78 Å². The Morgan fingerprint density at radius 1 is 1.16 bits per heavy atom. The van der Waals surface area contributed by atoms with E-state index in [4.69, 9.17) is 4.74 Å². The largest absolute Gasteiger partial charge is 0.486 e. The van der Waals surface area contributed by atoms with E-state index in [0.29, 0.717) is 58.1 Å². The summed E-state index contributed by atoms with van der Waals surface area (Å²) >= 11 is 0. The molecular formula is C27H23FN6O4. The van der Waals surface area contributed by atoms with Crippen LogP contribution in [0, 0.1) is 5.82 Å². The van der Waals surface area contributed by atoms with E-state index in [1.165, 1.54) is 17.3 Å². The summed E-state index contributed by atoms with van der Waals surface area (Å²) in [7, 11) is 0. The molecule has 0 spiro atoms. The number of nitrogens with zero attached hydrogens (tertiary/aromatic N) is 4. The number of aromatic nitrogens is 3. The van der Waals surface area contributed by atoms with Crippen LogP contribution in [0.25, 0.3) is 22.2 Å². The number of ether oxygens (including phenoxy) is 1. The van der Waals surface area contributed by atoms with Crippen LogP contribution in [0.1, 0.15) is 6.42 Å². The molecule has 1 aliphatic heterocycles. The van der Waals surface area contributed by atoms with E-state index in [1.54, 1.807) is 48.7 Å². The lowest BCUT2D eigenvalue weighted by atomic mass is 10.1. The quantitative estimate of drug-likeness (QED) is 0.299. The Hall–Kier alpha value is -5.06. The van der Waals surface area contributed by atoms with E-state index in [0.717, 1.165) is 6.08 Å². The predicted octanol–water partition coefficient (Wildman–Crippen LogP) is 4.83. The van der Waals surface area contributed by atoms with Crippen molar-refractivity contribution in [1.82, 2.24) is 19.9 Å². The summed E-state index contributed by atoms with van der Waals surface area (Å²) in [5.41, 5.74) is 2.33. The topological polar surface area (TPSA) is 130 Å². The molecule has 2 aromatic heterocycles. The van der Waals surface area contributed by atoms with E-state index < -0.39 is 12.0 Å². The Kier molecular flexibility index (Phi) is 6.81. The molecule has 1 saturated heterocycles. The normalized spacial score (nSPS) is 14.8. The number of hydrogen-bond acceptors (Lipinski definition) is 7. The number of carbonyl (C=O) groups is 2. The van der Waals surface area contributed by atoms with Gasteiger partial charge in [0.15, 0.2) is 0 Å². The van der Waals surface area contributed by atoms with Gasteiger partial charge in [0.05, 0.1) is 23.4 Å². The molecule has 1 fully saturated rings. The van der Waals surface area contributed by atoms with Crippen LogP contribution in [0.3, 0.4) is 0 Å². The van der Waals surface area contributed by atoms with Gasteiger partial charge in [-0.2, -0.15) is 0 Å². The van der Waals surface area contributed by atoms with Crippen molar-refractivity contribution in [2.24, 2.45) is 0 Å². The number of rotatable bonds is 7. The van der Waals surface area contributed by atoms with Crippen molar-refractivity contribution >= 4 is 40.1 Å². The number of carbonyl (C=O) groups excluding carboxylic acids is 1. The SMILES string of the molecule is C=CC(=O)Nc1cc2c(Nc3ccnc(-c4ccccc4F)c3)ncnc2cc1OC1CCN(C(=O)O)C1. The third-order valence-corrected chi connectivity index (χ3v) is 6.06. The highest BCUT2D eigenvalue weighted by atomic mass is 19.1. The summed E-state index contributed by atoms with van der Waals surface area (Å²) in [4.78, 5) is 37.7. The molecule has 38 heavy (non-hydrogen) atoms. The second-order valence-corrected chi connectivity index (χ2v) is 8.57. The molecule has 1 unspecified atom stereocenters. The molecule has 2 amide bonds. The van der Waals surface area contributed by atoms with Crippen LogP contribution < -0.4 is 15.4 Å². The maximum absolute atomic E-state index is 14.3. The molecule has 0 aliphatic carbocycles. The van der Waals surface area contributed by atoms with Gasteiger partial charge >= 0.3 is 6.09 Å². The van der Waals surface area contributed by atoms with E-state index in [2.05, 4.69) is 32.2 Å². The predicted molar refractivity (Wildman–Crippen MR) is 140 cm³/mol. The molecule has 0 saturated carbocycles. The molecule has 1 atom stereocenters. The number of carboxylic acid groups (broad SMARTS) is 1. The van der Waals surface area contributed by atoms with E-state index in [-0.39, 0.29) is 18.5 Å². The first-order valence-corrected chi connectivity index (χ1v) is 11.8. The first-order chi connectivity index (χ1) is 18.4. The molecule has 0 bridgehead atoms. The van der Waals surface area contributed by atoms with E-state index in [9.17, 15) is 19.1 Å². The smallest absolute Gasteiger partial charge is 0.407 e. The summed E-state index contributed by atoms with van der Waals surface area (Å²) in [6, 6.07) is 13.2. The Bertz CT molecular complexity index is 1550. The molecule has 3 heterocycles. The summed E-state index contributed by atoms with van der Waals surface area (Å²) in [6.45, 7) is 4.07. The van der Waals surface area contributed by atoms with Crippen LogP contribution in [0.4, 0.5) is 26.4 Å². The fourth-order valence-electron chi connectivity index (χ4n) is 4.20. The molecule has 3 N–H and O–H groups in total. The van der Waals surface area contributed by atoms with Crippen LogP contribution in [0.15, 0.2) is 73.7 Å². The Morgan fingerprint density at radius 2 is 2.00 bits per heavy atom. The lowest BCUT2D eigenvalue weighted by Crippen LogP contribution is -2.29. The standard InChI is InChI=1S/C27H23FN6O4/c1-2-25(35)33-23-12-19-22(13-24(23)38-17-8-10-34(14-17)27(36)37)30-15-31-26(19)32-16-7-9-29-21(11-16)18-5-3-4-6-20(18)28/h2-7,9,11-13,15,17H,1,8,10,14H2,(H,33,35)(H,36,37)(H,29,30,31,32). The summed E-state index contributed by atoms with van der Waals surface area (Å²) in [6.07, 6.45) is 3.22. The van der Waals surface area contributed by atoms with Gasteiger partial charge in [-0.25, -0.2) is 19.2 Å². The number of hydrogen-bond donors (Lipinski definition) is 3. The Morgan fingerprint density at radius 3 is 2.76 bits per heavy atom. The molecule has 192 valence electrons. The van der Waals surface area contributed by atoms with Crippen LogP contribution >= 0.6 is 0 Å². The van der Waals surface area contributed by atoms with Crippen molar-refractivity contribution in [2.45, 2.75) is 12.5 Å². The minimum Gasteiger partial charge on any atom is -0.486 e. The summed E-state index contributed by atoms with van der Waals surface area (Å²) < 4.78 is 20.4. The van der Waals surface area contributed by atoms with Crippen LogP contribution in [-0.2, 0) is 4.79 Å². The first kappa shape index (κ1) is 24.6. The zero-order valence-corrected chi connectivity index (χ0v) is 20.1. The molecule has 1 aliphatic rings. The number of fused-ring (bicyclic) bond motifs is 1. The minimum absolute atomic E-state index is 0.213. The van der Waals surface area contributed by atoms with Gasteiger partial charge in [-0.15, -0.1) is 0 Å². The van der Waals surface area contributed by atoms with Crippen molar-refractivity contribution in [3.05, 3.63) is 79.5 Å². The maximum atomic E-state index is 14.3. The molecule has 11 heteroatoms. The lowest BCUT2D eigenvalue weighted by Gasteiger charge is -2.18. The van der Waals surface area contributed by atoms with Crippen LogP contribution in [-0.4, -0.2) is 56.2 Å². The number of nitrogens with one attached hydrogen (secondary N) is 2. The monoisotopic (exact) mass is 514 g/mol. The van der Waals surface area contributed by atoms with Gasteiger partial charge in [0.2, 0.25) is 5.91 Å². The van der Waals surface area contributed by atoms with Gasteiger partial charge in [-0.05, 0) is 36.4 Å². The maximum Gasteiger partial charge on any atom is 0.407 e. The highest BCUT2D eigenvalue weighted by molar-refractivity contribution is 6.03. The van der Waals surface area contributed by atoms with Crippen LogP contribution in [0.2, 0.25) is 0 Å². The summed E-state index contributed by atoms with van der Waals surface area (Å²) in [5, 5.41) is 15.8. The van der Waals surface area contributed by atoms with Crippen molar-refractivity contribution in [1.29, 1.82) is 0 Å². The van der Waals surface area contributed by atoms with Crippen molar-refractivity contribution < 1.29 is 23.8 Å². The minimum atomic E-state index is -1.01. The number of benzene rings is 2. The van der Waals surface area contributed by atoms with Crippen molar-refractivity contribution in [2.75, 3.05) is 23.7 Å². The fraction of sp³-hybridized carbons (Fsp3) is 0.148. The molecule has 2 aromatic carbocycles. The lowest BCUT2D eigenvalue weighted by molar-refractivity contribution is -0.111. The Balaban J connectivity index is 1.49. The van der Waals surface area contributed by atoms with Crippen molar-refractivity contribution in [3.63, 3.8) is 0 Å². The zero-order chi connectivity index (χ0) is 26.6. The second kappa shape index (κ2) is 10.5. The highest BCUT2D eigenvalue weighted by Gasteiger charge is 2.28. The number of pyridine rings is 1. The fourth-order valence-corrected chi connectivity index (χ4v) is 4.20. The molecular weight excluding hydrogens is 491 g/mol. The molecule has 0 radical (unpaired) electrons. The number of likely N-dealkylation sites (tertiary alicyclic amines) is 1. The van der Waals surface area contributed by atoms with Gasteiger partial charge in [-0.1, -0.05) is 18.7 Å². The Labute approximate surface area is 216 Å². The van der Waals surface area contributed by atoms with Gasteiger partial charge in [0.1, 0.15) is 29.8 Å². The van der Waals surface area contributed by atoms with E-state index in [1.807, 2.05) is 0 Å². The third-order valence-electron chi connectivity index (χ3n) is 6.06. The first-order valence-electron chi connectivity index (χ1n) is 11.8. The number of amides is 2. The third kappa shape index (κ3) is 5.21. The zero-order valence-electron chi connectivity index (χ0n) is 20.1. The van der Waals surface area contributed by atoms with Crippen LogP contribution in [0.5, 0.6) is 5.75 Å². The van der Waals surface area contributed by atoms with Crippen molar-refractivity contribution in [3.8, 4) is 17.0 Å². The van der Waals surface area contributed by atoms with Gasteiger partial charge < -0.3 is 25.4 Å². The molecule has 10 nitrogen and oxygen atoms in total. The highest BCUT2D eigenvalue weighted by Crippen LogP contribution is 2.35. The average Bonchev–Trinajstić information content (AvgIpc) is 3.39. The summed E-state index contributed by atoms with van der Waals surface area (Å²) in [5.74, 6) is -0.0316. The van der Waals surface area contributed by atoms with Gasteiger partial charge in [0.25, 0.3) is 0 Å².